The molecule has 8 rings (SSSR count). The highest BCUT2D eigenvalue weighted by molar-refractivity contribution is 6.14. The molecule has 0 radical (unpaired) electrons. The monoisotopic (exact) mass is 562 g/mol. The van der Waals surface area contributed by atoms with Gasteiger partial charge in [0.25, 0.3) is 0 Å². The van der Waals surface area contributed by atoms with E-state index in [1.54, 1.807) is 0 Å². The van der Waals surface area contributed by atoms with E-state index in [2.05, 4.69) is 136 Å². The fourth-order valence-electron chi connectivity index (χ4n) is 6.77. The van der Waals surface area contributed by atoms with Crippen LogP contribution in [0.4, 0.5) is 0 Å². The van der Waals surface area contributed by atoms with Crippen LogP contribution >= 0.6 is 0 Å². The molecule has 0 spiro atoms. The third-order valence-electron chi connectivity index (χ3n) is 8.73. The lowest BCUT2D eigenvalue weighted by molar-refractivity contribution is 0.484. The summed E-state index contributed by atoms with van der Waals surface area (Å²) in [6.07, 6.45) is 7.90. The highest BCUT2D eigenvalue weighted by Gasteiger charge is 2.22. The molecule has 8 aromatic rings. The normalized spacial score (nSPS) is 12.9. The van der Waals surface area contributed by atoms with Crippen LogP contribution in [0.2, 0.25) is 0 Å². The number of imidazole rings is 2. The van der Waals surface area contributed by atoms with Gasteiger partial charge >= 0.3 is 0 Å². The Hall–Kier alpha value is -4.90. The second kappa shape index (κ2) is 8.81. The molecular weight excluding hydrogens is 528 g/mol. The van der Waals surface area contributed by atoms with Gasteiger partial charge < -0.3 is 4.74 Å². The Morgan fingerprint density at radius 2 is 0.953 bits per heavy atom. The Balaban J connectivity index is 1.29. The summed E-state index contributed by atoms with van der Waals surface area (Å²) in [5.74, 6) is 1.55. The molecule has 0 atom stereocenters. The molecular formula is C38H34N4O. The van der Waals surface area contributed by atoms with Crippen molar-refractivity contribution >= 4 is 54.6 Å². The van der Waals surface area contributed by atoms with Gasteiger partial charge in [-0.2, -0.15) is 0 Å². The highest BCUT2D eigenvalue weighted by Crippen LogP contribution is 2.40. The van der Waals surface area contributed by atoms with Crippen molar-refractivity contribution in [2.24, 2.45) is 0 Å². The van der Waals surface area contributed by atoms with Gasteiger partial charge in [-0.25, -0.2) is 9.97 Å². The zero-order valence-corrected chi connectivity index (χ0v) is 25.4. The zero-order valence-electron chi connectivity index (χ0n) is 25.4. The molecule has 0 aliphatic carbocycles. The van der Waals surface area contributed by atoms with Gasteiger partial charge in [-0.3, -0.25) is 8.80 Å². The van der Waals surface area contributed by atoms with Crippen LogP contribution in [-0.2, 0) is 10.8 Å². The van der Waals surface area contributed by atoms with Crippen molar-refractivity contribution < 1.29 is 4.74 Å². The average molecular weight is 563 g/mol. The first-order valence-corrected chi connectivity index (χ1v) is 14.9. The van der Waals surface area contributed by atoms with Crippen LogP contribution < -0.4 is 4.74 Å². The fourth-order valence-corrected chi connectivity index (χ4v) is 6.77. The minimum Gasteiger partial charge on any atom is -0.457 e. The molecule has 0 saturated heterocycles. The van der Waals surface area contributed by atoms with Crippen molar-refractivity contribution in [3.63, 3.8) is 0 Å². The van der Waals surface area contributed by atoms with E-state index in [4.69, 9.17) is 14.7 Å². The predicted octanol–water partition coefficient (Wildman–Crippen LogP) is 9.98. The topological polar surface area (TPSA) is 43.8 Å². The van der Waals surface area contributed by atoms with Gasteiger partial charge in [-0.05, 0) is 69.1 Å². The van der Waals surface area contributed by atoms with E-state index in [0.29, 0.717) is 0 Å². The average Bonchev–Trinajstić information content (AvgIpc) is 3.67. The minimum atomic E-state index is 0.00340. The van der Waals surface area contributed by atoms with E-state index in [9.17, 15) is 0 Å². The maximum absolute atomic E-state index is 6.55. The van der Waals surface area contributed by atoms with Gasteiger partial charge in [0, 0.05) is 46.3 Å². The van der Waals surface area contributed by atoms with Crippen molar-refractivity contribution in [1.82, 2.24) is 18.8 Å². The number of fused-ring (bicyclic) bond motifs is 12. The summed E-state index contributed by atoms with van der Waals surface area (Å²) in [6, 6.07) is 25.9. The van der Waals surface area contributed by atoms with Crippen LogP contribution in [0.25, 0.3) is 54.6 Å². The second-order valence-corrected chi connectivity index (χ2v) is 13.7. The van der Waals surface area contributed by atoms with Gasteiger partial charge in [0.15, 0.2) is 0 Å². The smallest absolute Gasteiger partial charge is 0.145 e. The molecule has 0 unspecified atom stereocenters. The summed E-state index contributed by atoms with van der Waals surface area (Å²) in [4.78, 5) is 9.57. The lowest BCUT2D eigenvalue weighted by Gasteiger charge is -2.23. The van der Waals surface area contributed by atoms with Crippen LogP contribution in [0.3, 0.4) is 0 Å². The van der Waals surface area contributed by atoms with E-state index in [0.717, 1.165) is 33.6 Å². The number of hydrogen-bond acceptors (Lipinski definition) is 3. The van der Waals surface area contributed by atoms with E-state index in [1.165, 1.54) is 43.7 Å². The Kier molecular flexibility index (Phi) is 5.28. The summed E-state index contributed by atoms with van der Waals surface area (Å²) < 4.78 is 11.0. The zero-order chi connectivity index (χ0) is 29.7. The summed E-state index contributed by atoms with van der Waals surface area (Å²) in [5.41, 5.74) is 6.91. The standard InChI is InChI=1S/C38H34N4O/c1-37(2,3)31-11-7-9-27-25-15-13-23(21-29(25)35-39-17-19-41(35)33(27)31)43-24-14-16-26-28-10-8-12-32(38(4,5)6)34(28)42-20-18-40-36(42)30(26)22-24/h7-22H,1-6H3. The van der Waals surface area contributed by atoms with Crippen LogP contribution in [-0.4, -0.2) is 18.8 Å². The van der Waals surface area contributed by atoms with E-state index in [1.807, 2.05) is 12.4 Å². The molecule has 212 valence electrons. The molecule has 4 aromatic carbocycles. The van der Waals surface area contributed by atoms with Crippen LogP contribution in [0, 0.1) is 0 Å². The Morgan fingerprint density at radius 3 is 1.37 bits per heavy atom. The number of para-hydroxylation sites is 2. The van der Waals surface area contributed by atoms with Crippen LogP contribution in [0.1, 0.15) is 52.7 Å². The Morgan fingerprint density at radius 1 is 0.512 bits per heavy atom. The van der Waals surface area contributed by atoms with E-state index < -0.39 is 0 Å². The molecule has 4 heterocycles. The molecule has 0 amide bonds. The molecule has 43 heavy (non-hydrogen) atoms. The lowest BCUT2D eigenvalue weighted by Crippen LogP contribution is -2.13. The largest absolute Gasteiger partial charge is 0.457 e. The second-order valence-electron chi connectivity index (χ2n) is 13.7. The Bertz CT molecular complexity index is 2230. The molecule has 0 bridgehead atoms. The SMILES string of the molecule is CC(C)(C)c1cccc2c3ccc(Oc4ccc5c(c4)c4nccn4c4c(C(C)(C)C)cccc54)cc3c3nccn3c12. The lowest BCUT2D eigenvalue weighted by atomic mass is 9.85. The molecule has 4 aromatic heterocycles. The number of nitrogens with zero attached hydrogens (tertiary/aromatic N) is 4. The minimum absolute atomic E-state index is 0.00340. The highest BCUT2D eigenvalue weighted by atomic mass is 16.5. The summed E-state index contributed by atoms with van der Waals surface area (Å²) >= 11 is 0. The first-order chi connectivity index (χ1) is 20.6. The van der Waals surface area contributed by atoms with Gasteiger partial charge in [-0.1, -0.05) is 77.9 Å². The quantitative estimate of drug-likeness (QED) is 0.197. The van der Waals surface area contributed by atoms with E-state index >= 15 is 0 Å². The summed E-state index contributed by atoms with van der Waals surface area (Å²) in [7, 11) is 0. The third kappa shape index (κ3) is 3.84. The number of aromatic nitrogens is 4. The first-order valence-electron chi connectivity index (χ1n) is 14.9. The van der Waals surface area contributed by atoms with E-state index in [-0.39, 0.29) is 10.8 Å². The van der Waals surface area contributed by atoms with Crippen molar-refractivity contribution in [2.75, 3.05) is 0 Å². The third-order valence-corrected chi connectivity index (χ3v) is 8.73. The van der Waals surface area contributed by atoms with Gasteiger partial charge in [-0.15, -0.1) is 0 Å². The number of benzene rings is 4. The number of ether oxygens (including phenoxy) is 1. The number of pyridine rings is 2. The first kappa shape index (κ1) is 25.8. The summed E-state index contributed by atoms with van der Waals surface area (Å²) in [5, 5.41) is 6.91. The van der Waals surface area contributed by atoms with Crippen molar-refractivity contribution in [3.05, 3.63) is 109 Å². The predicted molar refractivity (Wildman–Crippen MR) is 178 cm³/mol. The molecule has 0 aliphatic rings. The molecule has 5 nitrogen and oxygen atoms in total. The Labute approximate surface area is 250 Å². The molecule has 0 fully saturated rings. The maximum atomic E-state index is 6.55. The molecule has 5 heteroatoms. The van der Waals surface area contributed by atoms with Gasteiger partial charge in [0.1, 0.15) is 22.8 Å². The molecule has 0 saturated carbocycles. The molecule has 0 aliphatic heterocycles. The van der Waals surface area contributed by atoms with Gasteiger partial charge in [0.05, 0.1) is 11.0 Å². The summed E-state index contributed by atoms with van der Waals surface area (Å²) in [6.45, 7) is 13.6. The fraction of sp³-hybridized carbons (Fsp3) is 0.211. The van der Waals surface area contributed by atoms with Crippen molar-refractivity contribution in [1.29, 1.82) is 0 Å². The maximum Gasteiger partial charge on any atom is 0.145 e. The van der Waals surface area contributed by atoms with Crippen LogP contribution in [0.5, 0.6) is 11.5 Å². The van der Waals surface area contributed by atoms with Crippen LogP contribution in [0.15, 0.2) is 97.6 Å². The molecule has 0 N–H and O–H groups in total. The van der Waals surface area contributed by atoms with Crippen molar-refractivity contribution in [3.8, 4) is 11.5 Å². The van der Waals surface area contributed by atoms with Crippen molar-refractivity contribution in [2.45, 2.75) is 52.4 Å². The number of rotatable bonds is 2. The number of hydrogen-bond donors (Lipinski definition) is 0. The van der Waals surface area contributed by atoms with Gasteiger partial charge in [0.2, 0.25) is 0 Å².